The average Bonchev–Trinajstić information content (AvgIpc) is 3.04. The van der Waals surface area contributed by atoms with Gasteiger partial charge in [-0.15, -0.1) is 13.2 Å². The lowest BCUT2D eigenvalue weighted by Crippen LogP contribution is -1.94. The van der Waals surface area contributed by atoms with Gasteiger partial charge in [-0.25, -0.2) is 0 Å². The van der Waals surface area contributed by atoms with E-state index in [2.05, 4.69) is 75.5 Å². The Hall–Kier alpha value is -4.44. The van der Waals surface area contributed by atoms with E-state index in [1.165, 1.54) is 22.3 Å². The molecule has 0 unspecified atom stereocenters. The van der Waals surface area contributed by atoms with Crippen LogP contribution in [0.1, 0.15) is 36.1 Å². The number of hydrogen-bond acceptors (Lipinski definition) is 4. The van der Waals surface area contributed by atoms with Crippen molar-refractivity contribution in [3.05, 3.63) is 120 Å². The summed E-state index contributed by atoms with van der Waals surface area (Å²) in [6, 6.07) is 25.1. The molecule has 4 heteroatoms. The predicted octanol–water partition coefficient (Wildman–Crippen LogP) is 9.32. The molecule has 4 aromatic carbocycles. The molecule has 0 saturated carbocycles. The first kappa shape index (κ1) is 32.1. The molecule has 0 aromatic heterocycles. The summed E-state index contributed by atoms with van der Waals surface area (Å²) in [7, 11) is 6.81. The fourth-order valence-electron chi connectivity index (χ4n) is 4.96. The molecule has 220 valence electrons. The van der Waals surface area contributed by atoms with Crippen LogP contribution in [0.3, 0.4) is 0 Å². The van der Waals surface area contributed by atoms with Gasteiger partial charge in [0.25, 0.3) is 0 Å². The van der Waals surface area contributed by atoms with Crippen molar-refractivity contribution in [2.24, 2.45) is 0 Å². The fraction of sp³-hybridized carbons (Fsp3) is 0.263. The number of ether oxygens (including phenoxy) is 4. The van der Waals surface area contributed by atoms with E-state index in [1.807, 2.05) is 36.4 Å². The van der Waals surface area contributed by atoms with Crippen molar-refractivity contribution < 1.29 is 18.9 Å². The number of hydrogen-bond donors (Lipinski definition) is 0. The third-order valence-corrected chi connectivity index (χ3v) is 7.24. The van der Waals surface area contributed by atoms with Crippen molar-refractivity contribution in [2.75, 3.05) is 28.4 Å². The lowest BCUT2D eigenvalue weighted by Gasteiger charge is -2.13. The van der Waals surface area contributed by atoms with E-state index in [1.54, 1.807) is 28.4 Å². The number of methoxy groups -OCH3 is 4. The SMILES string of the molecule is C=CCc1ccc(OC)c(-c2ccc(OC)c(CC=C)c2)c1.CCc1ccc(OC)c(-c2ccc(OC)c(CC)c2)c1. The monoisotopic (exact) mass is 564 g/mol. The fourth-order valence-corrected chi connectivity index (χ4v) is 4.96. The Balaban J connectivity index is 0.000000231. The first-order chi connectivity index (χ1) is 20.5. The summed E-state index contributed by atoms with van der Waals surface area (Å²) in [5, 5.41) is 0. The van der Waals surface area contributed by atoms with Crippen LogP contribution < -0.4 is 18.9 Å². The van der Waals surface area contributed by atoms with Gasteiger partial charge in [-0.3, -0.25) is 0 Å². The second-order valence-corrected chi connectivity index (χ2v) is 9.82. The van der Waals surface area contributed by atoms with E-state index in [-0.39, 0.29) is 0 Å². The molecule has 0 spiro atoms. The lowest BCUT2D eigenvalue weighted by atomic mass is 9.97. The topological polar surface area (TPSA) is 36.9 Å². The third-order valence-electron chi connectivity index (χ3n) is 7.24. The second kappa shape index (κ2) is 16.1. The van der Waals surface area contributed by atoms with Crippen molar-refractivity contribution in [1.82, 2.24) is 0 Å². The maximum absolute atomic E-state index is 5.51. The summed E-state index contributed by atoms with van der Waals surface area (Å²) in [6.45, 7) is 11.9. The normalized spacial score (nSPS) is 10.2. The zero-order chi connectivity index (χ0) is 30.5. The molecule has 0 aliphatic heterocycles. The quantitative estimate of drug-likeness (QED) is 0.161. The first-order valence-electron chi connectivity index (χ1n) is 14.4. The minimum atomic E-state index is 0.770. The zero-order valence-electron chi connectivity index (χ0n) is 26.0. The zero-order valence-corrected chi connectivity index (χ0v) is 26.0. The highest BCUT2D eigenvalue weighted by atomic mass is 16.5. The summed E-state index contributed by atoms with van der Waals surface area (Å²) in [5.74, 6) is 3.60. The third kappa shape index (κ3) is 7.85. The maximum Gasteiger partial charge on any atom is 0.126 e. The minimum absolute atomic E-state index is 0.770. The van der Waals surface area contributed by atoms with E-state index in [4.69, 9.17) is 18.9 Å². The molecule has 0 amide bonds. The van der Waals surface area contributed by atoms with Gasteiger partial charge in [0.15, 0.2) is 0 Å². The summed E-state index contributed by atoms with van der Waals surface area (Å²) < 4.78 is 21.8. The van der Waals surface area contributed by atoms with Crippen LogP contribution in [0.5, 0.6) is 23.0 Å². The number of aryl methyl sites for hydroxylation is 2. The van der Waals surface area contributed by atoms with Gasteiger partial charge in [-0.2, -0.15) is 0 Å². The van der Waals surface area contributed by atoms with Crippen LogP contribution in [0.2, 0.25) is 0 Å². The summed E-state index contributed by atoms with van der Waals surface area (Å²) >= 11 is 0. The van der Waals surface area contributed by atoms with Crippen molar-refractivity contribution in [1.29, 1.82) is 0 Å². The Morgan fingerprint density at radius 3 is 1.43 bits per heavy atom. The van der Waals surface area contributed by atoms with E-state index in [0.717, 1.165) is 70.9 Å². The molecule has 42 heavy (non-hydrogen) atoms. The molecule has 0 aliphatic rings. The Morgan fingerprint density at radius 1 is 0.500 bits per heavy atom. The van der Waals surface area contributed by atoms with Crippen LogP contribution in [0, 0.1) is 0 Å². The Kier molecular flexibility index (Phi) is 12.3. The van der Waals surface area contributed by atoms with Crippen LogP contribution in [-0.4, -0.2) is 28.4 Å². The van der Waals surface area contributed by atoms with E-state index in [9.17, 15) is 0 Å². The minimum Gasteiger partial charge on any atom is -0.496 e. The number of allylic oxidation sites excluding steroid dienone is 2. The highest BCUT2D eigenvalue weighted by Gasteiger charge is 2.11. The highest BCUT2D eigenvalue weighted by Crippen LogP contribution is 2.35. The molecule has 0 saturated heterocycles. The van der Waals surface area contributed by atoms with Gasteiger partial charge in [0.1, 0.15) is 23.0 Å². The standard InChI is InChI=1S/C20H22O2.C18H22O2/c1-5-7-15-9-11-20(22-4)18(13-15)16-10-12-19(21-3)17(14-16)8-6-2;1-5-13-7-9-18(20-4)16(11-13)15-8-10-17(19-3)14(6-2)12-15/h5-6,9-14H,1-2,7-8H2,3-4H3;7-12H,5-6H2,1-4H3. The lowest BCUT2D eigenvalue weighted by molar-refractivity contribution is 0.410. The van der Waals surface area contributed by atoms with Crippen molar-refractivity contribution in [2.45, 2.75) is 39.5 Å². The van der Waals surface area contributed by atoms with Gasteiger partial charge >= 0.3 is 0 Å². The average molecular weight is 565 g/mol. The van der Waals surface area contributed by atoms with Crippen LogP contribution >= 0.6 is 0 Å². The van der Waals surface area contributed by atoms with Crippen LogP contribution in [0.15, 0.2) is 98.1 Å². The molecule has 0 bridgehead atoms. The van der Waals surface area contributed by atoms with E-state index in [0.29, 0.717) is 0 Å². The van der Waals surface area contributed by atoms with Crippen molar-refractivity contribution in [3.63, 3.8) is 0 Å². The number of benzene rings is 4. The first-order valence-corrected chi connectivity index (χ1v) is 14.4. The highest BCUT2D eigenvalue weighted by molar-refractivity contribution is 5.74. The van der Waals surface area contributed by atoms with Gasteiger partial charge in [0.2, 0.25) is 0 Å². The van der Waals surface area contributed by atoms with Gasteiger partial charge in [-0.1, -0.05) is 50.3 Å². The molecule has 0 aliphatic carbocycles. The molecule has 0 fully saturated rings. The molecular weight excluding hydrogens is 520 g/mol. The predicted molar refractivity (Wildman–Crippen MR) is 177 cm³/mol. The summed E-state index contributed by atoms with van der Waals surface area (Å²) in [6.07, 6.45) is 7.37. The molecule has 0 heterocycles. The van der Waals surface area contributed by atoms with E-state index >= 15 is 0 Å². The van der Waals surface area contributed by atoms with Crippen molar-refractivity contribution >= 4 is 0 Å². The van der Waals surface area contributed by atoms with Gasteiger partial charge in [0.05, 0.1) is 28.4 Å². The molecule has 0 N–H and O–H groups in total. The summed E-state index contributed by atoms with van der Waals surface area (Å²) in [5.41, 5.74) is 9.37. The molecule has 4 rings (SSSR count). The van der Waals surface area contributed by atoms with Crippen LogP contribution in [-0.2, 0) is 25.7 Å². The Labute approximate surface area is 252 Å². The number of rotatable bonds is 12. The van der Waals surface area contributed by atoms with Gasteiger partial charge in [0, 0.05) is 11.1 Å². The van der Waals surface area contributed by atoms with Gasteiger partial charge in [-0.05, 0) is 108 Å². The molecular formula is C38H44O4. The van der Waals surface area contributed by atoms with Crippen molar-refractivity contribution in [3.8, 4) is 45.3 Å². The second-order valence-electron chi connectivity index (χ2n) is 9.82. The molecule has 0 radical (unpaired) electrons. The Bertz CT molecular complexity index is 1480. The van der Waals surface area contributed by atoms with Gasteiger partial charge < -0.3 is 18.9 Å². The van der Waals surface area contributed by atoms with Crippen LogP contribution in [0.4, 0.5) is 0 Å². The largest absolute Gasteiger partial charge is 0.496 e. The molecule has 4 nitrogen and oxygen atoms in total. The smallest absolute Gasteiger partial charge is 0.126 e. The maximum atomic E-state index is 5.51. The summed E-state index contributed by atoms with van der Waals surface area (Å²) in [4.78, 5) is 0. The van der Waals surface area contributed by atoms with Crippen LogP contribution in [0.25, 0.3) is 22.3 Å². The molecule has 0 atom stereocenters. The van der Waals surface area contributed by atoms with E-state index < -0.39 is 0 Å². The molecule has 4 aromatic rings. The Morgan fingerprint density at radius 2 is 0.952 bits per heavy atom.